The Bertz CT molecular complexity index is 397. The van der Waals surface area contributed by atoms with Gasteiger partial charge in [-0.15, -0.1) is 0 Å². The van der Waals surface area contributed by atoms with Crippen LogP contribution in [0.2, 0.25) is 0 Å². The van der Waals surface area contributed by atoms with Crippen LogP contribution in [0.4, 0.5) is 11.6 Å². The molecular weight excluding hydrogens is 224 g/mol. The minimum Gasteiger partial charge on any atom is -0.373 e. The van der Waals surface area contributed by atoms with E-state index >= 15 is 0 Å². The van der Waals surface area contributed by atoms with Gasteiger partial charge in [-0.2, -0.15) is 0 Å². The van der Waals surface area contributed by atoms with Crippen LogP contribution >= 0.6 is 0 Å². The summed E-state index contributed by atoms with van der Waals surface area (Å²) < 4.78 is 0. The monoisotopic (exact) mass is 248 g/mol. The topological polar surface area (TPSA) is 41.1 Å². The Labute approximate surface area is 110 Å². The highest BCUT2D eigenvalue weighted by atomic mass is 15.2. The van der Waals surface area contributed by atoms with Crippen molar-refractivity contribution in [2.45, 2.75) is 46.0 Å². The van der Waals surface area contributed by atoms with Gasteiger partial charge in [-0.25, -0.2) is 9.97 Å². The molecule has 1 aliphatic rings. The molecule has 1 fully saturated rings. The molecule has 4 nitrogen and oxygen atoms in total. The quantitative estimate of drug-likeness (QED) is 0.889. The van der Waals surface area contributed by atoms with Crippen molar-refractivity contribution in [3.8, 4) is 0 Å². The van der Waals surface area contributed by atoms with E-state index in [9.17, 15) is 0 Å². The Hall–Kier alpha value is -1.32. The first-order valence-electron chi connectivity index (χ1n) is 7.06. The van der Waals surface area contributed by atoms with Crippen LogP contribution < -0.4 is 10.2 Å². The first-order chi connectivity index (χ1) is 8.76. The van der Waals surface area contributed by atoms with Crippen molar-refractivity contribution < 1.29 is 0 Å². The van der Waals surface area contributed by atoms with Crippen LogP contribution in [-0.2, 0) is 6.42 Å². The number of nitrogens with zero attached hydrogens (tertiary/aromatic N) is 3. The summed E-state index contributed by atoms with van der Waals surface area (Å²) >= 11 is 0. The first-order valence-corrected chi connectivity index (χ1v) is 7.06. The Balaban J connectivity index is 2.33. The molecule has 0 unspecified atom stereocenters. The third kappa shape index (κ3) is 2.74. The van der Waals surface area contributed by atoms with E-state index in [1.54, 1.807) is 0 Å². The molecule has 1 aliphatic heterocycles. The van der Waals surface area contributed by atoms with Crippen molar-refractivity contribution in [3.63, 3.8) is 0 Å². The number of rotatable bonds is 4. The van der Waals surface area contributed by atoms with Crippen LogP contribution in [0.15, 0.2) is 0 Å². The second kappa shape index (κ2) is 6.03. The summed E-state index contributed by atoms with van der Waals surface area (Å²) in [6.45, 7) is 6.55. The molecular formula is C14H24N4. The Morgan fingerprint density at radius 2 is 1.89 bits per heavy atom. The van der Waals surface area contributed by atoms with Crippen LogP contribution in [0.25, 0.3) is 0 Å². The average molecular weight is 248 g/mol. The third-order valence-corrected chi connectivity index (χ3v) is 3.53. The van der Waals surface area contributed by atoms with Gasteiger partial charge in [-0.1, -0.05) is 6.92 Å². The number of hydrogen-bond donors (Lipinski definition) is 1. The average Bonchev–Trinajstić information content (AvgIpc) is 2.42. The molecule has 1 aromatic rings. The molecule has 2 heterocycles. The van der Waals surface area contributed by atoms with Crippen molar-refractivity contribution in [1.29, 1.82) is 0 Å². The number of anilines is 2. The summed E-state index contributed by atoms with van der Waals surface area (Å²) in [6.07, 6.45) is 5.95. The number of piperidine rings is 1. The van der Waals surface area contributed by atoms with Crippen molar-refractivity contribution in [1.82, 2.24) is 9.97 Å². The number of hydrogen-bond acceptors (Lipinski definition) is 4. The van der Waals surface area contributed by atoms with E-state index < -0.39 is 0 Å². The van der Waals surface area contributed by atoms with Crippen molar-refractivity contribution >= 4 is 11.6 Å². The number of nitrogens with one attached hydrogen (secondary N) is 1. The van der Waals surface area contributed by atoms with Gasteiger partial charge in [0.05, 0.1) is 0 Å². The fraction of sp³-hybridized carbons (Fsp3) is 0.714. The van der Waals surface area contributed by atoms with Crippen molar-refractivity contribution in [2.75, 3.05) is 30.4 Å². The highest BCUT2D eigenvalue weighted by Gasteiger charge is 2.17. The highest BCUT2D eigenvalue weighted by Crippen LogP contribution is 2.26. The highest BCUT2D eigenvalue weighted by molar-refractivity contribution is 5.58. The molecule has 0 aliphatic carbocycles. The summed E-state index contributed by atoms with van der Waals surface area (Å²) in [7, 11) is 1.94. The van der Waals surface area contributed by atoms with E-state index in [2.05, 4.69) is 29.0 Å². The second-order valence-electron chi connectivity index (χ2n) is 4.98. The Morgan fingerprint density at radius 1 is 1.17 bits per heavy atom. The molecule has 1 N–H and O–H groups in total. The van der Waals surface area contributed by atoms with Crippen molar-refractivity contribution in [3.05, 3.63) is 11.4 Å². The van der Waals surface area contributed by atoms with E-state index in [1.165, 1.54) is 24.8 Å². The van der Waals surface area contributed by atoms with Gasteiger partial charge in [0.25, 0.3) is 0 Å². The molecule has 0 bridgehead atoms. The van der Waals surface area contributed by atoms with Crippen LogP contribution in [-0.4, -0.2) is 30.1 Å². The third-order valence-electron chi connectivity index (χ3n) is 3.53. The van der Waals surface area contributed by atoms with Gasteiger partial charge in [0.1, 0.15) is 17.5 Å². The van der Waals surface area contributed by atoms with Gasteiger partial charge in [0, 0.05) is 32.1 Å². The summed E-state index contributed by atoms with van der Waals surface area (Å²) in [6, 6.07) is 0. The largest absolute Gasteiger partial charge is 0.373 e. The van der Waals surface area contributed by atoms with Gasteiger partial charge >= 0.3 is 0 Å². The molecule has 0 amide bonds. The normalized spacial score (nSPS) is 15.8. The molecule has 0 radical (unpaired) electrons. The van der Waals surface area contributed by atoms with Crippen LogP contribution in [0, 0.1) is 6.92 Å². The molecule has 18 heavy (non-hydrogen) atoms. The van der Waals surface area contributed by atoms with Gasteiger partial charge in [0.15, 0.2) is 0 Å². The Kier molecular flexibility index (Phi) is 4.39. The molecule has 2 rings (SSSR count). The summed E-state index contributed by atoms with van der Waals surface area (Å²) in [4.78, 5) is 11.8. The van der Waals surface area contributed by atoms with E-state index in [0.29, 0.717) is 0 Å². The lowest BCUT2D eigenvalue weighted by atomic mass is 10.1. The van der Waals surface area contributed by atoms with Crippen LogP contribution in [0.1, 0.15) is 44.0 Å². The molecule has 1 saturated heterocycles. The lowest BCUT2D eigenvalue weighted by molar-refractivity contribution is 0.570. The maximum absolute atomic E-state index is 4.77. The van der Waals surface area contributed by atoms with Gasteiger partial charge in [-0.05, 0) is 32.6 Å². The minimum absolute atomic E-state index is 0.954. The maximum Gasteiger partial charge on any atom is 0.137 e. The molecule has 0 atom stereocenters. The van der Waals surface area contributed by atoms with E-state index in [0.717, 1.165) is 43.4 Å². The van der Waals surface area contributed by atoms with Crippen molar-refractivity contribution in [2.24, 2.45) is 0 Å². The second-order valence-corrected chi connectivity index (χ2v) is 4.98. The lowest BCUT2D eigenvalue weighted by Crippen LogP contribution is -2.31. The molecule has 1 aromatic heterocycles. The molecule has 100 valence electrons. The summed E-state index contributed by atoms with van der Waals surface area (Å²) in [5.74, 6) is 3.08. The standard InChI is InChI=1S/C14H24N4/c1-4-8-12-16-13(15-3)11(2)14(17-12)18-9-6-5-7-10-18/h4-10H2,1-3H3,(H,15,16,17). The smallest absolute Gasteiger partial charge is 0.137 e. The minimum atomic E-state index is 0.954. The summed E-state index contributed by atoms with van der Waals surface area (Å²) in [5, 5.41) is 3.20. The van der Waals surface area contributed by atoms with E-state index in [-0.39, 0.29) is 0 Å². The first kappa shape index (κ1) is 13.1. The van der Waals surface area contributed by atoms with Gasteiger partial charge < -0.3 is 10.2 Å². The predicted octanol–water partition coefficient (Wildman–Crippen LogP) is 2.77. The number of aromatic nitrogens is 2. The molecule has 0 spiro atoms. The zero-order chi connectivity index (χ0) is 13.0. The fourth-order valence-electron chi connectivity index (χ4n) is 2.54. The fourth-order valence-corrected chi connectivity index (χ4v) is 2.54. The maximum atomic E-state index is 4.77. The van der Waals surface area contributed by atoms with Crippen LogP contribution in [0.3, 0.4) is 0 Å². The summed E-state index contributed by atoms with van der Waals surface area (Å²) in [5.41, 5.74) is 1.18. The number of aryl methyl sites for hydroxylation is 1. The zero-order valence-electron chi connectivity index (χ0n) is 11.8. The predicted molar refractivity (Wildman–Crippen MR) is 76.4 cm³/mol. The molecule has 0 aromatic carbocycles. The van der Waals surface area contributed by atoms with Crippen LogP contribution in [0.5, 0.6) is 0 Å². The molecule has 0 saturated carbocycles. The SMILES string of the molecule is CCCc1nc(NC)c(C)c(N2CCCCC2)n1. The van der Waals surface area contributed by atoms with E-state index in [1.807, 2.05) is 7.05 Å². The Morgan fingerprint density at radius 3 is 2.50 bits per heavy atom. The van der Waals surface area contributed by atoms with Gasteiger partial charge in [0.2, 0.25) is 0 Å². The lowest BCUT2D eigenvalue weighted by Gasteiger charge is -2.29. The zero-order valence-corrected chi connectivity index (χ0v) is 11.8. The molecule has 4 heteroatoms. The van der Waals surface area contributed by atoms with E-state index in [4.69, 9.17) is 4.98 Å². The van der Waals surface area contributed by atoms with Gasteiger partial charge in [-0.3, -0.25) is 0 Å².